The second-order valence-electron chi connectivity index (χ2n) is 8.63. The molecule has 178 valence electrons. The van der Waals surface area contributed by atoms with Crippen LogP contribution >= 0.6 is 23.2 Å². The number of nitrogens with zero attached hydrogens (tertiary/aromatic N) is 5. The zero-order valence-electron chi connectivity index (χ0n) is 18.8. The Balaban J connectivity index is 1.70. The van der Waals surface area contributed by atoms with Gasteiger partial charge in [-0.2, -0.15) is 4.98 Å². The first-order valence-corrected chi connectivity index (χ1v) is 11.6. The fraction of sp³-hybridized carbons (Fsp3) is 0.500. The molecule has 1 aliphatic rings. The van der Waals surface area contributed by atoms with Gasteiger partial charge in [-0.05, 0) is 37.0 Å². The summed E-state index contributed by atoms with van der Waals surface area (Å²) in [5, 5.41) is 11.6. The lowest BCUT2D eigenvalue weighted by molar-refractivity contribution is 0.0936. The quantitative estimate of drug-likeness (QED) is 0.564. The number of ether oxygens (including phenoxy) is 1. The third-order valence-corrected chi connectivity index (χ3v) is 6.52. The van der Waals surface area contributed by atoms with Gasteiger partial charge in [-0.25, -0.2) is 4.79 Å². The van der Waals surface area contributed by atoms with E-state index in [0.717, 1.165) is 30.5 Å². The van der Waals surface area contributed by atoms with E-state index in [1.54, 1.807) is 29.8 Å². The molecule has 2 aromatic heterocycles. The van der Waals surface area contributed by atoms with E-state index in [4.69, 9.17) is 27.9 Å². The van der Waals surface area contributed by atoms with Crippen molar-refractivity contribution in [2.24, 2.45) is 20.0 Å². The van der Waals surface area contributed by atoms with Gasteiger partial charge in [0.25, 0.3) is 5.56 Å². The van der Waals surface area contributed by atoms with E-state index in [-0.39, 0.29) is 18.7 Å². The topological polar surface area (TPSA) is 94.5 Å². The van der Waals surface area contributed by atoms with Gasteiger partial charge in [0.05, 0.1) is 11.6 Å². The van der Waals surface area contributed by atoms with Crippen LogP contribution in [0.3, 0.4) is 0 Å². The molecule has 1 aliphatic heterocycles. The van der Waals surface area contributed by atoms with E-state index in [9.17, 15) is 14.7 Å². The number of aliphatic hydroxyl groups excluding tert-OH is 1. The minimum Gasteiger partial charge on any atom is -0.489 e. The summed E-state index contributed by atoms with van der Waals surface area (Å²) in [5.41, 5.74) is -0.329. The Kier molecular flexibility index (Phi) is 6.74. The summed E-state index contributed by atoms with van der Waals surface area (Å²) in [4.78, 5) is 32.3. The first kappa shape index (κ1) is 23.7. The Bertz CT molecular complexity index is 1300. The molecule has 0 bridgehead atoms. The van der Waals surface area contributed by atoms with Crippen molar-refractivity contribution in [2.75, 3.05) is 24.6 Å². The number of hydrogen-bond donors (Lipinski definition) is 1. The minimum atomic E-state index is -0.961. The molecule has 3 aromatic rings. The predicted molar refractivity (Wildman–Crippen MR) is 129 cm³/mol. The van der Waals surface area contributed by atoms with Gasteiger partial charge in [-0.1, -0.05) is 30.1 Å². The molecule has 3 heterocycles. The van der Waals surface area contributed by atoms with Gasteiger partial charge in [0, 0.05) is 32.2 Å². The van der Waals surface area contributed by atoms with E-state index in [2.05, 4.69) is 16.8 Å². The molecule has 9 nitrogen and oxygen atoms in total. The maximum Gasteiger partial charge on any atom is 0.332 e. The second-order valence-corrected chi connectivity index (χ2v) is 9.48. The maximum atomic E-state index is 13.0. The number of halogens is 2. The van der Waals surface area contributed by atoms with Gasteiger partial charge in [0.1, 0.15) is 18.5 Å². The molecule has 11 heteroatoms. The molecular weight excluding hydrogens is 469 g/mol. The monoisotopic (exact) mass is 495 g/mol. The Morgan fingerprint density at radius 3 is 2.70 bits per heavy atom. The van der Waals surface area contributed by atoms with Crippen LogP contribution in [0.5, 0.6) is 5.75 Å². The van der Waals surface area contributed by atoms with Crippen LogP contribution in [-0.4, -0.2) is 49.6 Å². The molecule has 33 heavy (non-hydrogen) atoms. The number of benzene rings is 1. The maximum absolute atomic E-state index is 13.0. The van der Waals surface area contributed by atoms with E-state index >= 15 is 0 Å². The van der Waals surface area contributed by atoms with Gasteiger partial charge in [0.2, 0.25) is 5.95 Å². The highest BCUT2D eigenvalue weighted by Crippen LogP contribution is 2.28. The summed E-state index contributed by atoms with van der Waals surface area (Å²) in [6, 6.07) is 4.85. The lowest BCUT2D eigenvalue weighted by Gasteiger charge is -2.32. The second kappa shape index (κ2) is 9.40. The molecular formula is C22H27Cl2N5O4. The van der Waals surface area contributed by atoms with Crippen molar-refractivity contribution in [3.63, 3.8) is 0 Å². The summed E-state index contributed by atoms with van der Waals surface area (Å²) in [5.74, 6) is 1.44. The van der Waals surface area contributed by atoms with Gasteiger partial charge >= 0.3 is 5.69 Å². The van der Waals surface area contributed by atoms with Crippen molar-refractivity contribution in [1.82, 2.24) is 18.7 Å². The Labute approximate surface area is 200 Å². The van der Waals surface area contributed by atoms with Crippen LogP contribution in [0.1, 0.15) is 19.8 Å². The number of aromatic nitrogens is 4. The highest BCUT2D eigenvalue weighted by molar-refractivity contribution is 6.35. The van der Waals surface area contributed by atoms with Crippen molar-refractivity contribution >= 4 is 40.3 Å². The summed E-state index contributed by atoms with van der Waals surface area (Å²) in [7, 11) is 3.03. The number of hydrogen-bond acceptors (Lipinski definition) is 6. The zero-order chi connectivity index (χ0) is 23.9. The van der Waals surface area contributed by atoms with Gasteiger partial charge < -0.3 is 19.3 Å². The van der Waals surface area contributed by atoms with Crippen molar-refractivity contribution in [3.05, 3.63) is 49.1 Å². The van der Waals surface area contributed by atoms with E-state index in [1.807, 2.05) is 0 Å². The van der Waals surface area contributed by atoms with Crippen molar-refractivity contribution < 1.29 is 9.84 Å². The van der Waals surface area contributed by atoms with E-state index < -0.39 is 17.4 Å². The molecule has 1 fully saturated rings. The number of aryl methyl sites for hydroxylation is 1. The molecule has 1 saturated heterocycles. The van der Waals surface area contributed by atoms with Crippen LogP contribution < -0.4 is 20.9 Å². The minimum absolute atomic E-state index is 0.0526. The Hall–Kier alpha value is -2.49. The molecule has 0 unspecified atom stereocenters. The van der Waals surface area contributed by atoms with Crippen LogP contribution in [0, 0.1) is 5.92 Å². The molecule has 2 atom stereocenters. The normalized spacial score (nSPS) is 17.5. The SMILES string of the molecule is C[C@H]1CCCN(c2nc3c(c(=O)n(C)c(=O)n3C)n2C[C@H](O)COc2ccc(Cl)cc2Cl)C1. The summed E-state index contributed by atoms with van der Waals surface area (Å²) >= 11 is 12.1. The molecule has 0 aliphatic carbocycles. The van der Waals surface area contributed by atoms with Crippen molar-refractivity contribution in [3.8, 4) is 5.75 Å². The summed E-state index contributed by atoms with van der Waals surface area (Å²) < 4.78 is 9.80. The average molecular weight is 496 g/mol. The number of rotatable bonds is 6. The van der Waals surface area contributed by atoms with Gasteiger partial charge in [0.15, 0.2) is 11.2 Å². The number of fused-ring (bicyclic) bond motifs is 1. The van der Waals surface area contributed by atoms with E-state index in [0.29, 0.717) is 33.3 Å². The number of anilines is 1. The highest BCUT2D eigenvalue weighted by Gasteiger charge is 2.27. The smallest absolute Gasteiger partial charge is 0.332 e. The third kappa shape index (κ3) is 4.62. The lowest BCUT2D eigenvalue weighted by Crippen LogP contribution is -2.39. The summed E-state index contributed by atoms with van der Waals surface area (Å²) in [6.07, 6.45) is 1.16. The Morgan fingerprint density at radius 2 is 2.00 bits per heavy atom. The van der Waals surface area contributed by atoms with E-state index in [1.165, 1.54) is 11.6 Å². The van der Waals surface area contributed by atoms with Crippen LogP contribution in [0.15, 0.2) is 27.8 Å². The number of piperidine rings is 1. The fourth-order valence-corrected chi connectivity index (χ4v) is 4.73. The van der Waals surface area contributed by atoms with Crippen molar-refractivity contribution in [1.29, 1.82) is 0 Å². The first-order valence-electron chi connectivity index (χ1n) is 10.8. The average Bonchev–Trinajstić information content (AvgIpc) is 3.15. The van der Waals surface area contributed by atoms with Crippen LogP contribution in [-0.2, 0) is 20.6 Å². The van der Waals surface area contributed by atoms with Crippen LogP contribution in [0.25, 0.3) is 11.2 Å². The van der Waals surface area contributed by atoms with Gasteiger partial charge in [-0.15, -0.1) is 0 Å². The highest BCUT2D eigenvalue weighted by atomic mass is 35.5. The molecule has 1 aromatic carbocycles. The standard InChI is InChI=1S/C22H27Cl2N5O4/c1-13-5-4-8-28(10-13)21-25-19-18(20(31)27(3)22(32)26(19)2)29(21)11-15(30)12-33-17-7-6-14(23)9-16(17)24/h6-7,9,13,15,30H,4-5,8,10-12H2,1-3H3/t13-,15-/m0/s1. The molecule has 4 rings (SSSR count). The Morgan fingerprint density at radius 1 is 1.24 bits per heavy atom. The lowest BCUT2D eigenvalue weighted by atomic mass is 10.0. The molecule has 0 amide bonds. The molecule has 0 radical (unpaired) electrons. The van der Waals surface area contributed by atoms with Crippen molar-refractivity contribution in [2.45, 2.75) is 32.4 Å². The zero-order valence-corrected chi connectivity index (χ0v) is 20.3. The number of imidazole rings is 1. The summed E-state index contributed by atoms with van der Waals surface area (Å²) in [6.45, 7) is 3.75. The van der Waals surface area contributed by atoms with Gasteiger partial charge in [-0.3, -0.25) is 13.9 Å². The first-order chi connectivity index (χ1) is 15.7. The fourth-order valence-electron chi connectivity index (χ4n) is 4.26. The number of aliphatic hydroxyl groups is 1. The molecule has 0 spiro atoms. The van der Waals surface area contributed by atoms with Crippen LogP contribution in [0.4, 0.5) is 5.95 Å². The predicted octanol–water partition coefficient (Wildman–Crippen LogP) is 2.42. The van der Waals surface area contributed by atoms with Crippen LogP contribution in [0.2, 0.25) is 10.0 Å². The molecule has 0 saturated carbocycles. The largest absolute Gasteiger partial charge is 0.489 e. The molecule has 1 N–H and O–H groups in total. The third-order valence-electron chi connectivity index (χ3n) is 5.99.